The van der Waals surface area contributed by atoms with Crippen molar-refractivity contribution in [2.45, 2.75) is 69.9 Å². The van der Waals surface area contributed by atoms with Crippen LogP contribution in [0.15, 0.2) is 36.5 Å². The van der Waals surface area contributed by atoms with Crippen molar-refractivity contribution in [3.63, 3.8) is 0 Å². The van der Waals surface area contributed by atoms with Crippen LogP contribution in [0.3, 0.4) is 0 Å². The molecule has 2 aliphatic heterocycles. The molecule has 0 amide bonds. The number of benzene rings is 1. The third-order valence-electron chi connectivity index (χ3n) is 7.19. The molecule has 2 saturated heterocycles. The molecule has 2 aromatic rings. The number of piperidine rings is 1. The van der Waals surface area contributed by atoms with E-state index in [2.05, 4.69) is 50.4 Å². The van der Waals surface area contributed by atoms with Gasteiger partial charge in [-0.3, -0.25) is 4.90 Å². The Morgan fingerprint density at radius 1 is 0.867 bits per heavy atom. The maximum absolute atomic E-state index is 4.88. The molecule has 0 bridgehead atoms. The summed E-state index contributed by atoms with van der Waals surface area (Å²) >= 11 is 0. The summed E-state index contributed by atoms with van der Waals surface area (Å²) in [6.45, 7) is 4.57. The third kappa shape index (κ3) is 4.61. The van der Waals surface area contributed by atoms with Gasteiger partial charge in [0.15, 0.2) is 0 Å². The molecule has 0 saturated carbocycles. The van der Waals surface area contributed by atoms with Gasteiger partial charge in [-0.25, -0.2) is 4.98 Å². The normalized spacial score (nSPS) is 25.4. The topological polar surface area (TPSA) is 44.3 Å². The van der Waals surface area contributed by atoms with Crippen LogP contribution in [0.1, 0.15) is 56.1 Å². The maximum Gasteiger partial charge on any atom is 0.224 e. The van der Waals surface area contributed by atoms with Gasteiger partial charge in [-0.05, 0) is 68.7 Å². The van der Waals surface area contributed by atoms with Gasteiger partial charge in [0.25, 0.3) is 0 Å². The minimum Gasteiger partial charge on any atom is -0.356 e. The van der Waals surface area contributed by atoms with Gasteiger partial charge >= 0.3 is 0 Å². The summed E-state index contributed by atoms with van der Waals surface area (Å²) < 4.78 is 0. The summed E-state index contributed by atoms with van der Waals surface area (Å²) in [6, 6.07) is 12.2. The number of hydrogen-bond acceptors (Lipinski definition) is 5. The lowest BCUT2D eigenvalue weighted by Crippen LogP contribution is -2.49. The number of aryl methyl sites for hydroxylation is 1. The van der Waals surface area contributed by atoms with Gasteiger partial charge in [0.1, 0.15) is 5.82 Å². The number of aromatic nitrogens is 2. The summed E-state index contributed by atoms with van der Waals surface area (Å²) in [5.41, 5.74) is 3.11. The summed E-state index contributed by atoms with van der Waals surface area (Å²) in [4.78, 5) is 14.6. The highest BCUT2D eigenvalue weighted by atomic mass is 15.2. The van der Waals surface area contributed by atoms with Gasteiger partial charge < -0.3 is 10.2 Å². The van der Waals surface area contributed by atoms with Crippen molar-refractivity contribution in [1.82, 2.24) is 14.9 Å². The van der Waals surface area contributed by atoms with E-state index >= 15 is 0 Å². The van der Waals surface area contributed by atoms with Gasteiger partial charge in [-0.2, -0.15) is 4.98 Å². The molecule has 0 radical (unpaired) electrons. The standard InChI is InChI=1S/C25H35N5/c1-2-6-16-29(15-5-1)24-13-14-26-25(28-24)27-22-10-7-17-30(19-22)23-12-11-20-8-3-4-9-21(20)18-23/h3-4,8-9,13-14,22-23H,1-2,5-7,10-12,15-19H2,(H,26,27,28). The second-order valence-corrected chi connectivity index (χ2v) is 9.28. The van der Waals surface area contributed by atoms with Crippen molar-refractivity contribution in [3.8, 4) is 0 Å². The number of nitrogens with one attached hydrogen (secondary N) is 1. The summed E-state index contributed by atoms with van der Waals surface area (Å²) in [5, 5.41) is 3.67. The van der Waals surface area contributed by atoms with E-state index in [0.29, 0.717) is 12.1 Å². The van der Waals surface area contributed by atoms with Crippen molar-refractivity contribution in [3.05, 3.63) is 47.7 Å². The first-order valence-corrected chi connectivity index (χ1v) is 12.0. The third-order valence-corrected chi connectivity index (χ3v) is 7.19. The lowest BCUT2D eigenvalue weighted by atomic mass is 9.86. The molecule has 1 N–H and O–H groups in total. The Morgan fingerprint density at radius 3 is 2.57 bits per heavy atom. The zero-order valence-electron chi connectivity index (χ0n) is 18.1. The molecule has 5 nitrogen and oxygen atoms in total. The van der Waals surface area contributed by atoms with Crippen LogP contribution in [0.4, 0.5) is 11.8 Å². The molecular weight excluding hydrogens is 370 g/mol. The predicted octanol–water partition coefficient (Wildman–Crippen LogP) is 4.29. The highest BCUT2D eigenvalue weighted by Gasteiger charge is 2.29. The highest BCUT2D eigenvalue weighted by molar-refractivity contribution is 5.43. The van der Waals surface area contributed by atoms with Crippen LogP contribution in [-0.2, 0) is 12.8 Å². The molecule has 30 heavy (non-hydrogen) atoms. The van der Waals surface area contributed by atoms with E-state index in [1.54, 1.807) is 11.1 Å². The quantitative estimate of drug-likeness (QED) is 0.822. The average Bonchev–Trinajstić information content (AvgIpc) is 3.09. The molecule has 0 spiro atoms. The summed E-state index contributed by atoms with van der Waals surface area (Å²) in [7, 11) is 0. The molecule has 1 aromatic carbocycles. The van der Waals surface area contributed by atoms with E-state index in [4.69, 9.17) is 4.98 Å². The summed E-state index contributed by atoms with van der Waals surface area (Å²) in [6.07, 6.45) is 13.3. The molecule has 3 aliphatic rings. The van der Waals surface area contributed by atoms with E-state index < -0.39 is 0 Å². The molecule has 2 fully saturated rings. The maximum atomic E-state index is 4.88. The molecule has 1 aliphatic carbocycles. The van der Waals surface area contributed by atoms with Crippen molar-refractivity contribution >= 4 is 11.8 Å². The van der Waals surface area contributed by atoms with Crippen LogP contribution in [-0.4, -0.2) is 53.1 Å². The Balaban J connectivity index is 1.21. The monoisotopic (exact) mass is 405 g/mol. The largest absolute Gasteiger partial charge is 0.356 e. The minimum absolute atomic E-state index is 0.440. The smallest absolute Gasteiger partial charge is 0.224 e. The lowest BCUT2D eigenvalue weighted by molar-refractivity contribution is 0.142. The number of hydrogen-bond donors (Lipinski definition) is 1. The SMILES string of the molecule is c1ccc2c(c1)CCC(N1CCCC(Nc3nccc(N4CCCCCC4)n3)C1)C2. The fourth-order valence-electron chi connectivity index (χ4n) is 5.52. The second-order valence-electron chi connectivity index (χ2n) is 9.28. The molecule has 1 aromatic heterocycles. The number of nitrogens with zero attached hydrogens (tertiary/aromatic N) is 4. The zero-order chi connectivity index (χ0) is 20.2. The van der Waals surface area contributed by atoms with E-state index in [-0.39, 0.29) is 0 Å². The van der Waals surface area contributed by atoms with Crippen LogP contribution in [0.2, 0.25) is 0 Å². The van der Waals surface area contributed by atoms with Crippen molar-refractivity contribution in [2.75, 3.05) is 36.4 Å². The highest BCUT2D eigenvalue weighted by Crippen LogP contribution is 2.27. The number of rotatable bonds is 4. The van der Waals surface area contributed by atoms with E-state index in [1.807, 2.05) is 6.20 Å². The molecule has 5 rings (SSSR count). The number of anilines is 2. The molecule has 2 atom stereocenters. The Labute approximate surface area is 180 Å². The van der Waals surface area contributed by atoms with Crippen molar-refractivity contribution in [1.29, 1.82) is 0 Å². The van der Waals surface area contributed by atoms with E-state index in [9.17, 15) is 0 Å². The van der Waals surface area contributed by atoms with Crippen molar-refractivity contribution < 1.29 is 0 Å². The number of likely N-dealkylation sites (tertiary alicyclic amines) is 1. The minimum atomic E-state index is 0.440. The van der Waals surface area contributed by atoms with Crippen LogP contribution >= 0.6 is 0 Å². The van der Waals surface area contributed by atoms with Crippen LogP contribution in [0.5, 0.6) is 0 Å². The number of fused-ring (bicyclic) bond motifs is 1. The Kier molecular flexibility index (Phi) is 6.16. The van der Waals surface area contributed by atoms with Gasteiger partial charge in [0.2, 0.25) is 5.95 Å². The van der Waals surface area contributed by atoms with Crippen LogP contribution in [0, 0.1) is 0 Å². The molecular formula is C25H35N5. The molecule has 5 heteroatoms. The lowest BCUT2D eigenvalue weighted by Gasteiger charge is -2.40. The van der Waals surface area contributed by atoms with Gasteiger partial charge in [-0.15, -0.1) is 0 Å². The second kappa shape index (κ2) is 9.34. The molecule has 160 valence electrons. The van der Waals surface area contributed by atoms with E-state index in [0.717, 1.165) is 31.4 Å². The predicted molar refractivity (Wildman–Crippen MR) is 123 cm³/mol. The Hall–Kier alpha value is -2.14. The Morgan fingerprint density at radius 2 is 1.70 bits per heavy atom. The first-order chi connectivity index (χ1) is 14.8. The Bertz CT molecular complexity index is 830. The molecule has 2 unspecified atom stereocenters. The average molecular weight is 406 g/mol. The van der Waals surface area contributed by atoms with Crippen molar-refractivity contribution in [2.24, 2.45) is 0 Å². The summed E-state index contributed by atoms with van der Waals surface area (Å²) in [5.74, 6) is 1.89. The van der Waals surface area contributed by atoms with Gasteiger partial charge in [0, 0.05) is 37.9 Å². The zero-order valence-corrected chi connectivity index (χ0v) is 18.1. The first-order valence-electron chi connectivity index (χ1n) is 12.0. The molecule has 3 heterocycles. The fourth-order valence-corrected chi connectivity index (χ4v) is 5.52. The van der Waals surface area contributed by atoms with E-state index in [1.165, 1.54) is 64.3 Å². The fraction of sp³-hybridized carbons (Fsp3) is 0.600. The first kappa shape index (κ1) is 19.8. The van der Waals surface area contributed by atoms with Gasteiger partial charge in [0.05, 0.1) is 0 Å². The van der Waals surface area contributed by atoms with Crippen LogP contribution in [0.25, 0.3) is 0 Å². The van der Waals surface area contributed by atoms with Crippen LogP contribution < -0.4 is 10.2 Å². The van der Waals surface area contributed by atoms with Gasteiger partial charge in [-0.1, -0.05) is 37.1 Å².